The van der Waals surface area contributed by atoms with Crippen LogP contribution in [-0.4, -0.2) is 18.1 Å². The average Bonchev–Trinajstić information content (AvgIpc) is 2.93. The molecule has 0 spiro atoms. The monoisotopic (exact) mass is 334 g/mol. The van der Waals surface area contributed by atoms with Gasteiger partial charge in [-0.25, -0.2) is 4.98 Å². The third-order valence-corrected chi connectivity index (χ3v) is 4.96. The molecule has 0 radical (unpaired) electrons. The van der Waals surface area contributed by atoms with Gasteiger partial charge in [0.15, 0.2) is 0 Å². The van der Waals surface area contributed by atoms with E-state index in [0.29, 0.717) is 11.8 Å². The minimum absolute atomic E-state index is 0.573. The highest BCUT2D eigenvalue weighted by Gasteiger charge is 2.26. The van der Waals surface area contributed by atoms with E-state index in [9.17, 15) is 0 Å². The van der Waals surface area contributed by atoms with Gasteiger partial charge in [0.05, 0.1) is 6.61 Å². The molecule has 1 saturated carbocycles. The summed E-state index contributed by atoms with van der Waals surface area (Å²) in [6, 6.07) is 8.11. The molecule has 0 amide bonds. The average molecular weight is 335 g/mol. The van der Waals surface area contributed by atoms with E-state index in [2.05, 4.69) is 27.0 Å². The van der Waals surface area contributed by atoms with Gasteiger partial charge in [-0.1, -0.05) is 28.4 Å². The summed E-state index contributed by atoms with van der Waals surface area (Å²) in [6.45, 7) is 1.49. The van der Waals surface area contributed by atoms with Crippen LogP contribution in [0.5, 0.6) is 5.88 Å². The quantitative estimate of drug-likeness (QED) is 0.926. The number of rotatable bonds is 4. The van der Waals surface area contributed by atoms with Crippen LogP contribution in [0.15, 0.2) is 34.9 Å². The Morgan fingerprint density at radius 2 is 2.05 bits per heavy atom. The summed E-state index contributed by atoms with van der Waals surface area (Å²) in [5.41, 5.74) is 5.83. The van der Waals surface area contributed by atoms with Crippen molar-refractivity contribution < 1.29 is 4.74 Å². The van der Waals surface area contributed by atoms with Crippen LogP contribution in [0.2, 0.25) is 0 Å². The van der Waals surface area contributed by atoms with Crippen LogP contribution in [-0.2, 0) is 0 Å². The van der Waals surface area contributed by atoms with E-state index in [4.69, 9.17) is 10.5 Å². The van der Waals surface area contributed by atoms with Gasteiger partial charge in [0.2, 0.25) is 5.88 Å². The van der Waals surface area contributed by atoms with Crippen LogP contribution >= 0.6 is 15.9 Å². The van der Waals surface area contributed by atoms with Crippen LogP contribution in [0.1, 0.15) is 19.3 Å². The first-order valence-corrected chi connectivity index (χ1v) is 7.95. The van der Waals surface area contributed by atoms with Gasteiger partial charge in [0, 0.05) is 21.4 Å². The lowest BCUT2D eigenvalue weighted by atomic mass is 9.97. The molecule has 0 bridgehead atoms. The number of hydrogen-bond acceptors (Lipinski definition) is 3. The van der Waals surface area contributed by atoms with Gasteiger partial charge < -0.3 is 10.5 Å². The van der Waals surface area contributed by atoms with Crippen LogP contribution < -0.4 is 10.5 Å². The number of ether oxygens (including phenoxy) is 1. The summed E-state index contributed by atoms with van der Waals surface area (Å²) >= 11 is 3.57. The molecule has 2 atom stereocenters. The molecule has 2 N–H and O–H groups in total. The first-order valence-electron chi connectivity index (χ1n) is 7.15. The first-order chi connectivity index (χ1) is 9.79. The van der Waals surface area contributed by atoms with E-state index in [1.807, 2.05) is 18.2 Å². The smallest absolute Gasteiger partial charge is 0.221 e. The van der Waals surface area contributed by atoms with E-state index < -0.39 is 0 Å². The molecule has 20 heavy (non-hydrogen) atoms. The molecular formula is C16H19BrN2O. The molecular weight excluding hydrogens is 316 g/mol. The Kier molecular flexibility index (Phi) is 4.22. The Hall–Kier alpha value is -1.13. The molecule has 2 unspecified atom stereocenters. The van der Waals surface area contributed by atoms with Crippen LogP contribution in [0.4, 0.5) is 0 Å². The predicted molar refractivity (Wildman–Crippen MR) is 84.8 cm³/mol. The lowest BCUT2D eigenvalue weighted by molar-refractivity contribution is 0.212. The summed E-state index contributed by atoms with van der Waals surface area (Å²) in [4.78, 5) is 4.39. The van der Waals surface area contributed by atoms with Gasteiger partial charge in [-0.3, -0.25) is 0 Å². The largest absolute Gasteiger partial charge is 0.477 e. The second kappa shape index (κ2) is 6.10. The van der Waals surface area contributed by atoms with Gasteiger partial charge in [-0.15, -0.1) is 0 Å². The van der Waals surface area contributed by atoms with Gasteiger partial charge in [0.1, 0.15) is 0 Å². The Morgan fingerprint density at radius 3 is 2.90 bits per heavy atom. The molecule has 2 aromatic rings. The van der Waals surface area contributed by atoms with Gasteiger partial charge >= 0.3 is 0 Å². The Bertz CT molecular complexity index is 602. The number of aromatic nitrogens is 1. The SMILES string of the molecule is NCC1CCCC1COc1nccc2c(Br)cccc12. The van der Waals surface area contributed by atoms with Crippen LogP contribution in [0, 0.1) is 11.8 Å². The summed E-state index contributed by atoms with van der Waals surface area (Å²) in [5.74, 6) is 1.91. The van der Waals surface area contributed by atoms with Crippen molar-refractivity contribution in [2.45, 2.75) is 19.3 Å². The van der Waals surface area contributed by atoms with Crippen molar-refractivity contribution in [3.8, 4) is 5.88 Å². The zero-order valence-corrected chi connectivity index (χ0v) is 13.0. The van der Waals surface area contributed by atoms with Crippen molar-refractivity contribution in [1.29, 1.82) is 0 Å². The number of hydrogen-bond donors (Lipinski definition) is 1. The highest BCUT2D eigenvalue weighted by atomic mass is 79.9. The molecule has 1 heterocycles. The van der Waals surface area contributed by atoms with Crippen molar-refractivity contribution in [2.24, 2.45) is 17.6 Å². The number of nitrogens with two attached hydrogens (primary N) is 1. The first kappa shape index (κ1) is 13.8. The van der Waals surface area contributed by atoms with Crippen LogP contribution in [0.3, 0.4) is 0 Å². The van der Waals surface area contributed by atoms with E-state index in [0.717, 1.165) is 34.3 Å². The maximum absolute atomic E-state index is 6.00. The van der Waals surface area contributed by atoms with Crippen LogP contribution in [0.25, 0.3) is 10.8 Å². The summed E-state index contributed by atoms with van der Waals surface area (Å²) in [5, 5.41) is 2.20. The molecule has 1 aliphatic carbocycles. The molecule has 1 fully saturated rings. The van der Waals surface area contributed by atoms with Crippen molar-refractivity contribution in [3.63, 3.8) is 0 Å². The fraction of sp³-hybridized carbons (Fsp3) is 0.438. The fourth-order valence-electron chi connectivity index (χ4n) is 3.09. The topological polar surface area (TPSA) is 48.1 Å². The number of halogens is 1. The maximum Gasteiger partial charge on any atom is 0.221 e. The minimum atomic E-state index is 0.573. The predicted octanol–water partition coefficient (Wildman–Crippen LogP) is 3.75. The molecule has 106 valence electrons. The highest BCUT2D eigenvalue weighted by Crippen LogP contribution is 2.33. The molecule has 0 aliphatic heterocycles. The van der Waals surface area contributed by atoms with Crippen molar-refractivity contribution in [1.82, 2.24) is 4.98 Å². The zero-order valence-electron chi connectivity index (χ0n) is 11.4. The highest BCUT2D eigenvalue weighted by molar-refractivity contribution is 9.10. The lowest BCUT2D eigenvalue weighted by Gasteiger charge is -2.18. The minimum Gasteiger partial charge on any atom is -0.477 e. The van der Waals surface area contributed by atoms with E-state index in [1.165, 1.54) is 19.3 Å². The molecule has 1 aromatic carbocycles. The standard InChI is InChI=1S/C16H19BrN2O/c17-15-6-2-5-14-13(15)7-8-19-16(14)20-10-12-4-1-3-11(12)9-18/h2,5-8,11-12H,1,3-4,9-10,18H2. The normalized spacial score (nSPS) is 22.3. The van der Waals surface area contributed by atoms with Crippen molar-refractivity contribution >= 4 is 26.7 Å². The van der Waals surface area contributed by atoms with Crippen molar-refractivity contribution in [3.05, 3.63) is 34.9 Å². The maximum atomic E-state index is 6.00. The Morgan fingerprint density at radius 1 is 1.20 bits per heavy atom. The summed E-state index contributed by atoms with van der Waals surface area (Å²) in [7, 11) is 0. The Balaban J connectivity index is 1.79. The van der Waals surface area contributed by atoms with Gasteiger partial charge in [-0.05, 0) is 49.4 Å². The third kappa shape index (κ3) is 2.67. The molecule has 1 aromatic heterocycles. The molecule has 3 rings (SSSR count). The number of benzene rings is 1. The second-order valence-corrected chi connectivity index (χ2v) is 6.30. The summed E-state index contributed by atoms with van der Waals surface area (Å²) in [6.07, 6.45) is 5.53. The molecule has 4 heteroatoms. The fourth-order valence-corrected chi connectivity index (χ4v) is 3.58. The van der Waals surface area contributed by atoms with Gasteiger partial charge in [-0.2, -0.15) is 0 Å². The Labute approximate surface area is 127 Å². The van der Waals surface area contributed by atoms with E-state index in [-0.39, 0.29) is 0 Å². The second-order valence-electron chi connectivity index (χ2n) is 5.45. The zero-order chi connectivity index (χ0) is 13.9. The summed E-state index contributed by atoms with van der Waals surface area (Å²) < 4.78 is 7.07. The van der Waals surface area contributed by atoms with E-state index >= 15 is 0 Å². The van der Waals surface area contributed by atoms with Gasteiger partial charge in [0.25, 0.3) is 0 Å². The molecule has 0 saturated heterocycles. The number of fused-ring (bicyclic) bond motifs is 1. The van der Waals surface area contributed by atoms with Crippen molar-refractivity contribution in [2.75, 3.05) is 13.2 Å². The lowest BCUT2D eigenvalue weighted by Crippen LogP contribution is -2.23. The third-order valence-electron chi connectivity index (χ3n) is 4.27. The number of nitrogens with zero attached hydrogens (tertiary/aromatic N) is 1. The molecule has 3 nitrogen and oxygen atoms in total. The van der Waals surface area contributed by atoms with E-state index in [1.54, 1.807) is 6.20 Å². The number of pyridine rings is 1. The molecule has 1 aliphatic rings.